The van der Waals surface area contributed by atoms with Gasteiger partial charge >= 0.3 is 0 Å². The first-order chi connectivity index (χ1) is 9.71. The molecule has 0 rings (SSSR count). The molecule has 0 saturated heterocycles. The van der Waals surface area contributed by atoms with Gasteiger partial charge in [0.05, 0.1) is 32.0 Å². The third-order valence-corrected chi connectivity index (χ3v) is 2.78. The highest BCUT2D eigenvalue weighted by atomic mass is 32.2. The SMILES string of the molecule is CS(=O)(=O)O.CS(=O)(=O)OCCCNCCCOS(C)(=O)=O. The minimum atomic E-state index is -3.67. The first-order valence-corrected chi connectivity index (χ1v) is 11.5. The van der Waals surface area contributed by atoms with Gasteiger partial charge in [-0.25, -0.2) is 0 Å². The van der Waals surface area contributed by atoms with Gasteiger partial charge in [-0.2, -0.15) is 25.3 Å². The van der Waals surface area contributed by atoms with E-state index >= 15 is 0 Å². The van der Waals surface area contributed by atoms with Crippen LogP contribution >= 0.6 is 0 Å². The Kier molecular flexibility index (Phi) is 12.3. The Hall–Kier alpha value is -0.310. The van der Waals surface area contributed by atoms with Crippen LogP contribution in [0.15, 0.2) is 0 Å². The molecular weight excluding hydrogens is 362 g/mol. The van der Waals surface area contributed by atoms with Crippen LogP contribution in [-0.4, -0.2) is 74.9 Å². The summed E-state index contributed by atoms with van der Waals surface area (Å²) < 4.78 is 77.3. The second kappa shape index (κ2) is 11.3. The van der Waals surface area contributed by atoms with Crippen LogP contribution in [0.2, 0.25) is 0 Å². The molecule has 0 aliphatic heterocycles. The summed E-state index contributed by atoms with van der Waals surface area (Å²) in [6, 6.07) is 0. The Morgan fingerprint density at radius 3 is 1.27 bits per heavy atom. The average Bonchev–Trinajstić information content (AvgIpc) is 2.21. The highest BCUT2D eigenvalue weighted by Crippen LogP contribution is 1.90. The first-order valence-electron chi connectivity index (χ1n) is 6.03. The van der Waals surface area contributed by atoms with Gasteiger partial charge < -0.3 is 5.32 Å². The molecule has 0 atom stereocenters. The smallest absolute Gasteiger partial charge is 0.264 e. The topological polar surface area (TPSA) is 153 Å². The zero-order valence-electron chi connectivity index (χ0n) is 12.7. The summed E-state index contributed by atoms with van der Waals surface area (Å²) in [5, 5.41) is 3.01. The maximum absolute atomic E-state index is 10.6. The Labute approximate surface area is 132 Å². The van der Waals surface area contributed by atoms with E-state index in [-0.39, 0.29) is 13.2 Å². The van der Waals surface area contributed by atoms with Gasteiger partial charge in [0.2, 0.25) is 0 Å². The normalized spacial score (nSPS) is 12.5. The van der Waals surface area contributed by atoms with E-state index in [0.29, 0.717) is 32.2 Å². The highest BCUT2D eigenvalue weighted by Gasteiger charge is 2.01. The van der Waals surface area contributed by atoms with Crippen molar-refractivity contribution in [1.29, 1.82) is 0 Å². The van der Waals surface area contributed by atoms with Crippen molar-refractivity contribution in [2.45, 2.75) is 12.8 Å². The summed E-state index contributed by atoms with van der Waals surface area (Å²) in [4.78, 5) is 0. The van der Waals surface area contributed by atoms with Crippen LogP contribution in [0.5, 0.6) is 0 Å². The van der Waals surface area contributed by atoms with Gasteiger partial charge in [-0.15, -0.1) is 0 Å². The van der Waals surface area contributed by atoms with Crippen LogP contribution in [0.4, 0.5) is 0 Å². The maximum atomic E-state index is 10.6. The van der Waals surface area contributed by atoms with Gasteiger partial charge in [-0.3, -0.25) is 12.9 Å². The predicted molar refractivity (Wildman–Crippen MR) is 81.2 cm³/mol. The van der Waals surface area contributed by atoms with E-state index in [2.05, 4.69) is 13.7 Å². The second-order valence-electron chi connectivity index (χ2n) is 4.24. The van der Waals surface area contributed by atoms with Crippen molar-refractivity contribution in [3.63, 3.8) is 0 Å². The summed E-state index contributed by atoms with van der Waals surface area (Å²) >= 11 is 0. The summed E-state index contributed by atoms with van der Waals surface area (Å²) in [6.07, 6.45) is 3.86. The van der Waals surface area contributed by atoms with Crippen molar-refractivity contribution in [3.8, 4) is 0 Å². The summed E-state index contributed by atoms with van der Waals surface area (Å²) in [5.41, 5.74) is 0. The van der Waals surface area contributed by atoms with Crippen molar-refractivity contribution in [3.05, 3.63) is 0 Å². The van der Waals surface area contributed by atoms with E-state index in [1.165, 1.54) is 0 Å². The molecule has 0 saturated carbocycles. The fourth-order valence-corrected chi connectivity index (χ4v) is 1.78. The summed E-state index contributed by atoms with van der Waals surface area (Å²) in [6.45, 7) is 1.50. The zero-order valence-corrected chi connectivity index (χ0v) is 15.1. The molecule has 0 aliphatic carbocycles. The number of nitrogens with one attached hydrogen (secondary N) is 1. The molecule has 0 bridgehead atoms. The van der Waals surface area contributed by atoms with Crippen LogP contribution < -0.4 is 5.32 Å². The third kappa shape index (κ3) is 36.7. The molecule has 0 amide bonds. The minimum absolute atomic E-state index is 0.145. The molecule has 0 aliphatic rings. The lowest BCUT2D eigenvalue weighted by Gasteiger charge is -2.04. The Morgan fingerprint density at radius 2 is 1.05 bits per heavy atom. The number of rotatable bonds is 10. The van der Waals surface area contributed by atoms with E-state index in [9.17, 15) is 25.3 Å². The summed E-state index contributed by atoms with van der Waals surface area (Å²) in [7, 11) is -10.4. The third-order valence-electron chi connectivity index (χ3n) is 1.59. The molecule has 0 aromatic rings. The second-order valence-corrected chi connectivity index (χ2v) is 9.00. The molecule has 10 nitrogen and oxygen atoms in total. The van der Waals surface area contributed by atoms with Crippen LogP contribution in [0.1, 0.15) is 12.8 Å². The van der Waals surface area contributed by atoms with Crippen molar-refractivity contribution in [2.24, 2.45) is 0 Å². The van der Waals surface area contributed by atoms with Crippen LogP contribution in [-0.2, 0) is 38.7 Å². The van der Waals surface area contributed by atoms with Gasteiger partial charge in [0.1, 0.15) is 0 Å². The molecule has 136 valence electrons. The lowest BCUT2D eigenvalue weighted by molar-refractivity contribution is 0.304. The van der Waals surface area contributed by atoms with E-state index in [4.69, 9.17) is 4.55 Å². The minimum Gasteiger partial charge on any atom is -0.317 e. The first kappa shape index (κ1) is 23.9. The van der Waals surface area contributed by atoms with Crippen molar-refractivity contribution >= 4 is 30.4 Å². The quantitative estimate of drug-likeness (QED) is 0.267. The molecule has 0 fully saturated rings. The number of hydrogen-bond donors (Lipinski definition) is 2. The zero-order chi connectivity index (χ0) is 17.9. The van der Waals surface area contributed by atoms with Gasteiger partial charge in [0.25, 0.3) is 30.4 Å². The van der Waals surface area contributed by atoms with Crippen molar-refractivity contribution in [1.82, 2.24) is 5.32 Å². The van der Waals surface area contributed by atoms with Gasteiger partial charge in [0, 0.05) is 0 Å². The van der Waals surface area contributed by atoms with E-state index in [1.807, 2.05) is 0 Å². The molecule has 0 radical (unpaired) electrons. The van der Waals surface area contributed by atoms with E-state index in [0.717, 1.165) is 12.5 Å². The average molecular weight is 385 g/mol. The van der Waals surface area contributed by atoms with E-state index in [1.54, 1.807) is 0 Å². The van der Waals surface area contributed by atoms with Crippen molar-refractivity contribution in [2.75, 3.05) is 45.1 Å². The molecule has 0 aromatic heterocycles. The molecule has 0 unspecified atom stereocenters. The monoisotopic (exact) mass is 385 g/mol. The molecule has 0 aromatic carbocycles. The Balaban J connectivity index is 0. The molecule has 0 spiro atoms. The molecular formula is C9H23NO9S3. The number of hydrogen-bond acceptors (Lipinski definition) is 9. The Bertz CT molecular complexity index is 534. The summed E-state index contributed by atoms with van der Waals surface area (Å²) in [5.74, 6) is 0. The van der Waals surface area contributed by atoms with Crippen LogP contribution in [0, 0.1) is 0 Å². The molecule has 13 heteroatoms. The largest absolute Gasteiger partial charge is 0.317 e. The molecule has 22 heavy (non-hydrogen) atoms. The Morgan fingerprint density at radius 1 is 0.773 bits per heavy atom. The molecule has 0 heterocycles. The van der Waals surface area contributed by atoms with E-state index < -0.39 is 30.4 Å². The standard InChI is InChI=1S/C8H19NO6S2.CH4O3S/c1-16(10,11)14-7-3-5-9-6-4-8-15-17(2,12)13;1-5(2,3)4/h9H,3-8H2,1-2H3;1H3,(H,2,3,4). The predicted octanol–water partition coefficient (Wildman–Crippen LogP) is -1.19. The molecule has 2 N–H and O–H groups in total. The van der Waals surface area contributed by atoms with Crippen molar-refractivity contribution < 1.29 is 38.2 Å². The van der Waals surface area contributed by atoms with Crippen LogP contribution in [0.3, 0.4) is 0 Å². The highest BCUT2D eigenvalue weighted by molar-refractivity contribution is 7.86. The van der Waals surface area contributed by atoms with Gasteiger partial charge in [-0.1, -0.05) is 0 Å². The van der Waals surface area contributed by atoms with Gasteiger partial charge in [0.15, 0.2) is 0 Å². The lowest BCUT2D eigenvalue weighted by Crippen LogP contribution is -2.20. The fraction of sp³-hybridized carbons (Fsp3) is 1.00. The maximum Gasteiger partial charge on any atom is 0.264 e. The fourth-order valence-electron chi connectivity index (χ4n) is 0.940. The van der Waals surface area contributed by atoms with Crippen LogP contribution in [0.25, 0.3) is 0 Å². The lowest BCUT2D eigenvalue weighted by atomic mass is 10.4. The van der Waals surface area contributed by atoms with Gasteiger partial charge in [-0.05, 0) is 25.9 Å².